The van der Waals surface area contributed by atoms with Crippen LogP contribution in [0.4, 0.5) is 0 Å². The molecule has 3 heterocycles. The quantitative estimate of drug-likeness (QED) is 0.633. The predicted octanol–water partition coefficient (Wildman–Crippen LogP) is 1.59. The summed E-state index contributed by atoms with van der Waals surface area (Å²) < 4.78 is 25.6. The average Bonchev–Trinajstić information content (AvgIpc) is 3.24. The summed E-state index contributed by atoms with van der Waals surface area (Å²) in [7, 11) is -3.67. The largest absolute Gasteiger partial charge is 0.333 e. The van der Waals surface area contributed by atoms with Crippen molar-refractivity contribution >= 4 is 46.7 Å². The Morgan fingerprint density at radius 2 is 1.70 bits per heavy atom. The molecule has 0 saturated carbocycles. The lowest BCUT2D eigenvalue weighted by Crippen LogP contribution is -2.44. The molecule has 3 aliphatic rings. The molecule has 2 amide bonds. The summed E-state index contributed by atoms with van der Waals surface area (Å²) in [6.07, 6.45) is 1.56. The summed E-state index contributed by atoms with van der Waals surface area (Å²) in [5.74, 6) is -1.06. The summed E-state index contributed by atoms with van der Waals surface area (Å²) in [6, 6.07) is 6.81. The van der Waals surface area contributed by atoms with Gasteiger partial charge < -0.3 is 10.2 Å². The van der Waals surface area contributed by atoms with Crippen molar-refractivity contribution in [3.8, 4) is 0 Å². The predicted molar refractivity (Wildman–Crippen MR) is 132 cm³/mol. The van der Waals surface area contributed by atoms with Crippen molar-refractivity contribution in [3.63, 3.8) is 0 Å². The van der Waals surface area contributed by atoms with Gasteiger partial charge in [0.15, 0.2) is 0 Å². The summed E-state index contributed by atoms with van der Waals surface area (Å²) in [6.45, 7) is 9.16. The molecule has 1 aromatic carbocycles. The molecule has 0 aliphatic carbocycles. The Labute approximate surface area is 208 Å². The summed E-state index contributed by atoms with van der Waals surface area (Å²) in [5.41, 5.74) is 1.74. The van der Waals surface area contributed by atoms with E-state index in [0.717, 1.165) is 48.8 Å². The van der Waals surface area contributed by atoms with E-state index in [-0.39, 0.29) is 42.5 Å². The minimum absolute atomic E-state index is 0. The van der Waals surface area contributed by atoms with Gasteiger partial charge in [0.05, 0.1) is 24.3 Å². The van der Waals surface area contributed by atoms with Gasteiger partial charge in [-0.15, -0.1) is 24.8 Å². The van der Waals surface area contributed by atoms with Crippen molar-refractivity contribution in [2.75, 3.05) is 39.0 Å². The number of likely N-dealkylation sites (tertiary alicyclic amines) is 1. The molecule has 33 heavy (non-hydrogen) atoms. The van der Waals surface area contributed by atoms with E-state index >= 15 is 0 Å². The van der Waals surface area contributed by atoms with Crippen LogP contribution in [0.2, 0.25) is 0 Å². The molecule has 8 nitrogen and oxygen atoms in total. The fourth-order valence-electron chi connectivity index (χ4n) is 5.32. The van der Waals surface area contributed by atoms with E-state index in [1.165, 1.54) is 0 Å². The fraction of sp³-hybridized carbons (Fsp3) is 0.636. The summed E-state index contributed by atoms with van der Waals surface area (Å²) in [4.78, 5) is 30.4. The Morgan fingerprint density at radius 3 is 2.24 bits per heavy atom. The van der Waals surface area contributed by atoms with E-state index in [1.54, 1.807) is 4.90 Å². The molecule has 0 spiro atoms. The van der Waals surface area contributed by atoms with E-state index in [1.807, 2.05) is 38.1 Å². The van der Waals surface area contributed by atoms with Gasteiger partial charge in [0.25, 0.3) is 5.91 Å². The molecule has 0 unspecified atom stereocenters. The number of nitrogens with zero attached hydrogens (tertiary/aromatic N) is 3. The lowest BCUT2D eigenvalue weighted by molar-refractivity contribution is -0.129. The number of amides is 2. The summed E-state index contributed by atoms with van der Waals surface area (Å²) >= 11 is 0. The first kappa shape index (κ1) is 27.9. The molecule has 4 rings (SSSR count). The van der Waals surface area contributed by atoms with Crippen molar-refractivity contribution in [1.82, 2.24) is 19.4 Å². The molecule has 3 saturated heterocycles. The lowest BCUT2D eigenvalue weighted by Gasteiger charge is -2.29. The molecular formula is C22H34Cl2N4O4S. The molecule has 3 atom stereocenters. The number of hydrogen-bond acceptors (Lipinski definition) is 6. The number of piperazine rings is 1. The fourth-order valence-corrected chi connectivity index (χ4v) is 6.49. The zero-order valence-corrected chi connectivity index (χ0v) is 21.7. The minimum Gasteiger partial charge on any atom is -0.333 e. The smallest absolute Gasteiger partial charge is 0.254 e. The van der Waals surface area contributed by atoms with Crippen LogP contribution in [-0.2, 0) is 21.4 Å². The first-order valence-corrected chi connectivity index (χ1v) is 12.9. The highest BCUT2D eigenvalue weighted by Gasteiger charge is 2.58. The summed E-state index contributed by atoms with van der Waals surface area (Å²) in [5, 5.41) is 3.34. The number of benzene rings is 1. The van der Waals surface area contributed by atoms with E-state index in [9.17, 15) is 18.0 Å². The van der Waals surface area contributed by atoms with Gasteiger partial charge in [-0.3, -0.25) is 14.5 Å². The lowest BCUT2D eigenvalue weighted by atomic mass is 9.88. The molecular weight excluding hydrogens is 487 g/mol. The second-order valence-corrected chi connectivity index (χ2v) is 11.1. The number of nitrogens with one attached hydrogen (secondary N) is 1. The van der Waals surface area contributed by atoms with Crippen LogP contribution in [0.1, 0.15) is 36.2 Å². The number of halogens is 2. The number of carbonyl (C=O) groups is 2. The van der Waals surface area contributed by atoms with Crippen LogP contribution < -0.4 is 5.32 Å². The second-order valence-electron chi connectivity index (χ2n) is 9.24. The van der Waals surface area contributed by atoms with E-state index in [4.69, 9.17) is 0 Å². The average molecular weight is 522 g/mol. The van der Waals surface area contributed by atoms with E-state index in [0.29, 0.717) is 18.5 Å². The van der Waals surface area contributed by atoms with Crippen LogP contribution in [0.25, 0.3) is 0 Å². The van der Waals surface area contributed by atoms with Gasteiger partial charge in [-0.05, 0) is 30.0 Å². The van der Waals surface area contributed by atoms with Gasteiger partial charge in [-0.2, -0.15) is 0 Å². The van der Waals surface area contributed by atoms with Crippen molar-refractivity contribution in [1.29, 1.82) is 0 Å². The van der Waals surface area contributed by atoms with Crippen LogP contribution in [0.15, 0.2) is 24.3 Å². The van der Waals surface area contributed by atoms with Gasteiger partial charge in [-0.25, -0.2) is 12.7 Å². The first-order valence-electron chi connectivity index (χ1n) is 11.0. The maximum absolute atomic E-state index is 13.4. The Bertz CT molecular complexity index is 952. The number of hydrogen-bond donors (Lipinski definition) is 1. The maximum Gasteiger partial charge on any atom is 0.254 e. The molecule has 1 N–H and O–H groups in total. The molecule has 0 bridgehead atoms. The highest BCUT2D eigenvalue weighted by molar-refractivity contribution is 7.88. The second kappa shape index (κ2) is 10.9. The van der Waals surface area contributed by atoms with E-state index in [2.05, 4.69) is 10.2 Å². The molecule has 0 aromatic heterocycles. The Balaban J connectivity index is 0.00000193. The van der Waals surface area contributed by atoms with Crippen molar-refractivity contribution in [2.24, 2.45) is 11.8 Å². The highest BCUT2D eigenvalue weighted by Crippen LogP contribution is 2.41. The number of carbonyl (C=O) groups excluding carboxylic acids is 2. The van der Waals surface area contributed by atoms with Gasteiger partial charge in [0.2, 0.25) is 15.9 Å². The third kappa shape index (κ3) is 5.48. The van der Waals surface area contributed by atoms with Gasteiger partial charge >= 0.3 is 0 Å². The Morgan fingerprint density at radius 1 is 1.09 bits per heavy atom. The third-order valence-electron chi connectivity index (χ3n) is 6.74. The number of fused-ring (bicyclic) bond motifs is 1. The topological polar surface area (TPSA) is 90.0 Å². The normalized spacial score (nSPS) is 25.6. The molecule has 0 radical (unpaired) electrons. The maximum atomic E-state index is 13.4. The van der Waals surface area contributed by atoms with Crippen molar-refractivity contribution in [2.45, 2.75) is 38.9 Å². The minimum atomic E-state index is -3.67. The van der Waals surface area contributed by atoms with Crippen LogP contribution in [-0.4, -0.2) is 85.4 Å². The van der Waals surface area contributed by atoms with Crippen molar-refractivity contribution < 1.29 is 18.0 Å². The van der Waals surface area contributed by atoms with Crippen LogP contribution >= 0.6 is 24.8 Å². The monoisotopic (exact) mass is 520 g/mol. The van der Waals surface area contributed by atoms with Crippen LogP contribution in [0, 0.1) is 11.8 Å². The Kier molecular flexibility index (Phi) is 9.20. The first-order chi connectivity index (χ1) is 14.7. The molecule has 11 heteroatoms. The third-order valence-corrected chi connectivity index (χ3v) is 7.91. The standard InChI is InChI=1S/C22H32N4O4S.2ClH/c1-15(2)19-20-18(26(22(19)28)31(3,29)30)8-11-25(20)21(27)17-6-4-16(5-7-17)14-24-12-9-23-10-13-24;;/h4-7,15,18-20,23H,8-14H2,1-3H3;2*1H/t18-,19+,20-;;/m0../s1. The van der Waals surface area contributed by atoms with Crippen molar-refractivity contribution in [3.05, 3.63) is 35.4 Å². The van der Waals surface area contributed by atoms with E-state index < -0.39 is 28.0 Å². The van der Waals surface area contributed by atoms with Crippen LogP contribution in [0.3, 0.4) is 0 Å². The SMILES string of the molecule is CC(C)[C@H]1C(=O)N(S(C)(=O)=O)[C@H]2CCN(C(=O)c3ccc(CN4CCNCC4)cc3)[C@H]12.Cl.Cl. The zero-order chi connectivity index (χ0) is 22.3. The number of sulfonamides is 1. The highest BCUT2D eigenvalue weighted by atomic mass is 35.5. The van der Waals surface area contributed by atoms with Gasteiger partial charge in [-0.1, -0.05) is 26.0 Å². The molecule has 1 aromatic rings. The van der Waals surface area contributed by atoms with Gasteiger partial charge in [0.1, 0.15) is 0 Å². The Hall–Kier alpha value is -1.39. The van der Waals surface area contributed by atoms with Crippen LogP contribution in [0.5, 0.6) is 0 Å². The zero-order valence-electron chi connectivity index (χ0n) is 19.3. The molecule has 3 fully saturated rings. The van der Waals surface area contributed by atoms with Gasteiger partial charge in [0, 0.05) is 44.8 Å². The molecule has 3 aliphatic heterocycles. The number of rotatable bonds is 5. The molecule has 186 valence electrons.